The van der Waals surface area contributed by atoms with E-state index in [2.05, 4.69) is 17.5 Å². The van der Waals surface area contributed by atoms with E-state index in [1.54, 1.807) is 6.07 Å². The monoisotopic (exact) mass is 205 g/mol. The molecule has 0 aromatic heterocycles. The van der Waals surface area contributed by atoms with Gasteiger partial charge in [-0.3, -0.25) is 0 Å². The minimum absolute atomic E-state index is 0.114. The molecular weight excluding hydrogens is 189 g/mol. The Hall–Kier alpha value is -1.15. The van der Waals surface area contributed by atoms with Crippen molar-refractivity contribution >= 4 is 0 Å². The van der Waals surface area contributed by atoms with Gasteiger partial charge in [-0.15, -0.1) is 0 Å². The number of hydrogen-bond donors (Lipinski definition) is 1. The molecule has 15 heavy (non-hydrogen) atoms. The molecule has 1 nitrogen and oxygen atoms in total. The molecular formula is C13H16FN. The number of hydrogen-bond acceptors (Lipinski definition) is 1. The molecule has 80 valence electrons. The summed E-state index contributed by atoms with van der Waals surface area (Å²) in [4.78, 5) is 0. The van der Waals surface area contributed by atoms with Gasteiger partial charge >= 0.3 is 0 Å². The topological polar surface area (TPSA) is 12.0 Å². The molecule has 0 bridgehead atoms. The average Bonchev–Trinajstić information content (AvgIpc) is 2.29. The fraction of sp³-hybridized carbons (Fsp3) is 0.385. The first-order chi connectivity index (χ1) is 7.36. The fourth-order valence-electron chi connectivity index (χ4n) is 1.88. The van der Waals surface area contributed by atoms with Crippen molar-refractivity contribution < 1.29 is 4.39 Å². The second-order valence-electron chi connectivity index (χ2n) is 3.95. The molecule has 0 saturated carbocycles. The Morgan fingerprint density at radius 1 is 1.27 bits per heavy atom. The van der Waals surface area contributed by atoms with Crippen LogP contribution in [0.15, 0.2) is 36.4 Å². The summed E-state index contributed by atoms with van der Waals surface area (Å²) < 4.78 is 13.3. The zero-order valence-electron chi connectivity index (χ0n) is 8.75. The summed E-state index contributed by atoms with van der Waals surface area (Å²) in [5.74, 6) is -0.114. The maximum atomic E-state index is 13.3. The smallest absolute Gasteiger partial charge is 0.127 e. The van der Waals surface area contributed by atoms with Crippen molar-refractivity contribution in [3.8, 4) is 0 Å². The molecule has 0 heterocycles. The Kier molecular flexibility index (Phi) is 3.51. The predicted molar refractivity (Wildman–Crippen MR) is 60.0 cm³/mol. The Morgan fingerprint density at radius 3 is 2.87 bits per heavy atom. The van der Waals surface area contributed by atoms with Gasteiger partial charge in [-0.2, -0.15) is 0 Å². The van der Waals surface area contributed by atoms with Crippen LogP contribution in [0.2, 0.25) is 0 Å². The summed E-state index contributed by atoms with van der Waals surface area (Å²) >= 11 is 0. The third-order valence-electron chi connectivity index (χ3n) is 2.81. The van der Waals surface area contributed by atoms with Gasteiger partial charge in [0, 0.05) is 18.2 Å². The summed E-state index contributed by atoms with van der Waals surface area (Å²) in [6.07, 6.45) is 7.76. The molecule has 0 spiro atoms. The van der Waals surface area contributed by atoms with E-state index in [4.69, 9.17) is 0 Å². The summed E-state index contributed by atoms with van der Waals surface area (Å²) in [7, 11) is 0. The molecule has 0 amide bonds. The molecule has 0 aliphatic heterocycles. The summed E-state index contributed by atoms with van der Waals surface area (Å²) in [5.41, 5.74) is 0.757. The molecule has 0 fully saturated rings. The third kappa shape index (κ3) is 2.90. The van der Waals surface area contributed by atoms with Crippen LogP contribution in [-0.4, -0.2) is 6.04 Å². The van der Waals surface area contributed by atoms with Gasteiger partial charge in [-0.1, -0.05) is 30.4 Å². The molecule has 2 heteroatoms. The molecule has 1 aromatic rings. The highest BCUT2D eigenvalue weighted by Gasteiger charge is 2.09. The first-order valence-electron chi connectivity index (χ1n) is 5.48. The highest BCUT2D eigenvalue weighted by molar-refractivity contribution is 5.17. The van der Waals surface area contributed by atoms with Crippen LogP contribution in [0, 0.1) is 5.82 Å². The van der Waals surface area contributed by atoms with E-state index in [1.807, 2.05) is 12.1 Å². The second kappa shape index (κ2) is 5.08. The summed E-state index contributed by atoms with van der Waals surface area (Å²) in [5, 5.41) is 3.39. The summed E-state index contributed by atoms with van der Waals surface area (Å²) in [6.45, 7) is 0.630. The third-order valence-corrected chi connectivity index (χ3v) is 2.81. The number of nitrogens with one attached hydrogen (secondary N) is 1. The minimum atomic E-state index is -0.114. The molecule has 0 saturated heterocycles. The second-order valence-corrected chi connectivity index (χ2v) is 3.95. The molecule has 1 aliphatic rings. The van der Waals surface area contributed by atoms with Gasteiger partial charge in [0.2, 0.25) is 0 Å². The maximum absolute atomic E-state index is 13.3. The van der Waals surface area contributed by atoms with E-state index in [0.717, 1.165) is 24.8 Å². The van der Waals surface area contributed by atoms with E-state index < -0.39 is 0 Å². The molecule has 1 unspecified atom stereocenters. The van der Waals surface area contributed by atoms with Gasteiger partial charge in [0.05, 0.1) is 0 Å². The van der Waals surface area contributed by atoms with Crippen molar-refractivity contribution in [1.29, 1.82) is 0 Å². The molecule has 1 aromatic carbocycles. The molecule has 1 N–H and O–H groups in total. The lowest BCUT2D eigenvalue weighted by molar-refractivity contribution is 0.466. The summed E-state index contributed by atoms with van der Waals surface area (Å²) in [6, 6.07) is 7.46. The van der Waals surface area contributed by atoms with Gasteiger partial charge in [0.15, 0.2) is 0 Å². The molecule has 1 aliphatic carbocycles. The molecule has 0 radical (unpaired) electrons. The van der Waals surface area contributed by atoms with E-state index in [-0.39, 0.29) is 5.82 Å². The van der Waals surface area contributed by atoms with E-state index in [0.29, 0.717) is 12.6 Å². The zero-order valence-corrected chi connectivity index (χ0v) is 8.75. The van der Waals surface area contributed by atoms with Crippen molar-refractivity contribution in [2.45, 2.75) is 31.8 Å². The van der Waals surface area contributed by atoms with Gasteiger partial charge in [0.1, 0.15) is 5.82 Å². The lowest BCUT2D eigenvalue weighted by atomic mass is 10.0. The number of benzene rings is 1. The van der Waals surface area contributed by atoms with Crippen LogP contribution in [0.1, 0.15) is 24.8 Å². The van der Waals surface area contributed by atoms with Crippen LogP contribution in [0.5, 0.6) is 0 Å². The highest BCUT2D eigenvalue weighted by atomic mass is 19.1. The lowest BCUT2D eigenvalue weighted by Gasteiger charge is -2.19. The Balaban J connectivity index is 1.87. The Morgan fingerprint density at radius 2 is 2.13 bits per heavy atom. The zero-order chi connectivity index (χ0) is 10.5. The van der Waals surface area contributed by atoms with Crippen LogP contribution in [0.25, 0.3) is 0 Å². The quantitative estimate of drug-likeness (QED) is 0.748. The first-order valence-corrected chi connectivity index (χ1v) is 5.48. The van der Waals surface area contributed by atoms with Crippen molar-refractivity contribution in [2.75, 3.05) is 0 Å². The Bertz CT molecular complexity index is 346. The minimum Gasteiger partial charge on any atom is -0.309 e. The lowest BCUT2D eigenvalue weighted by Crippen LogP contribution is -2.29. The number of halogens is 1. The number of rotatable bonds is 3. The van der Waals surface area contributed by atoms with Gasteiger partial charge < -0.3 is 5.32 Å². The van der Waals surface area contributed by atoms with Crippen LogP contribution in [-0.2, 0) is 6.54 Å². The fourth-order valence-corrected chi connectivity index (χ4v) is 1.88. The van der Waals surface area contributed by atoms with Crippen molar-refractivity contribution in [3.63, 3.8) is 0 Å². The van der Waals surface area contributed by atoms with Gasteiger partial charge in [0.25, 0.3) is 0 Å². The Labute approximate surface area is 90.0 Å². The van der Waals surface area contributed by atoms with Crippen LogP contribution in [0.4, 0.5) is 4.39 Å². The van der Waals surface area contributed by atoms with E-state index >= 15 is 0 Å². The van der Waals surface area contributed by atoms with Crippen LogP contribution < -0.4 is 5.32 Å². The molecule has 1 atom stereocenters. The number of allylic oxidation sites excluding steroid dienone is 1. The normalized spacial score (nSPS) is 20.5. The average molecular weight is 205 g/mol. The van der Waals surface area contributed by atoms with E-state index in [9.17, 15) is 4.39 Å². The SMILES string of the molecule is Fc1ccccc1CNC1CC=CCC1. The van der Waals surface area contributed by atoms with Crippen molar-refractivity contribution in [3.05, 3.63) is 47.8 Å². The van der Waals surface area contributed by atoms with Gasteiger partial charge in [-0.25, -0.2) is 4.39 Å². The van der Waals surface area contributed by atoms with Crippen molar-refractivity contribution in [2.24, 2.45) is 0 Å². The predicted octanol–water partition coefficient (Wildman–Crippen LogP) is 3.02. The van der Waals surface area contributed by atoms with Gasteiger partial charge in [-0.05, 0) is 25.3 Å². The van der Waals surface area contributed by atoms with Crippen LogP contribution in [0.3, 0.4) is 0 Å². The largest absolute Gasteiger partial charge is 0.309 e. The molecule has 2 rings (SSSR count). The van der Waals surface area contributed by atoms with E-state index in [1.165, 1.54) is 6.07 Å². The van der Waals surface area contributed by atoms with Crippen LogP contribution >= 0.6 is 0 Å². The maximum Gasteiger partial charge on any atom is 0.127 e. The first kappa shape index (κ1) is 10.4. The highest BCUT2D eigenvalue weighted by Crippen LogP contribution is 2.12. The van der Waals surface area contributed by atoms with Crippen molar-refractivity contribution in [1.82, 2.24) is 5.32 Å². The standard InChI is InChI=1S/C13H16FN/c14-13-9-5-4-6-11(13)10-15-12-7-2-1-3-8-12/h1-2,4-6,9,12,15H,3,7-8,10H2.